The van der Waals surface area contributed by atoms with Crippen molar-refractivity contribution in [1.29, 1.82) is 0 Å². The lowest BCUT2D eigenvalue weighted by atomic mass is 9.79. The first-order valence-electron chi connectivity index (χ1n) is 4.95. The van der Waals surface area contributed by atoms with Crippen molar-refractivity contribution in [2.45, 2.75) is 6.29 Å². The summed E-state index contributed by atoms with van der Waals surface area (Å²) in [4.78, 5) is 11.8. The third-order valence-electron chi connectivity index (χ3n) is 2.22. The molecule has 0 saturated carbocycles. The zero-order chi connectivity index (χ0) is 12.3. The summed E-state index contributed by atoms with van der Waals surface area (Å²) in [5.41, 5.74) is 11.1. The van der Waals surface area contributed by atoms with E-state index in [1.807, 2.05) is 0 Å². The molecular formula is C8H13BClN5O3. The normalized spacial score (nSPS) is 15.0. The third-order valence-corrected chi connectivity index (χ3v) is 2.22. The van der Waals surface area contributed by atoms with Gasteiger partial charge in [0.25, 0.3) is 5.91 Å². The number of benzene rings is 1. The molecule has 0 atom stereocenters. The van der Waals surface area contributed by atoms with Gasteiger partial charge in [-0.05, 0) is 17.6 Å². The zero-order valence-electron chi connectivity index (χ0n) is 9.18. The lowest BCUT2D eigenvalue weighted by Crippen LogP contribution is -2.49. The fourth-order valence-corrected chi connectivity index (χ4v) is 1.38. The van der Waals surface area contributed by atoms with Crippen LogP contribution in [0.3, 0.4) is 0 Å². The minimum Gasteiger partial charge on any atom is -0.423 e. The molecule has 1 amide bonds. The van der Waals surface area contributed by atoms with Gasteiger partial charge in [0.05, 0.1) is 0 Å². The van der Waals surface area contributed by atoms with Gasteiger partial charge in [-0.1, -0.05) is 12.1 Å². The van der Waals surface area contributed by atoms with E-state index in [0.717, 1.165) is 0 Å². The van der Waals surface area contributed by atoms with Crippen LogP contribution in [0, 0.1) is 0 Å². The van der Waals surface area contributed by atoms with E-state index in [-0.39, 0.29) is 23.8 Å². The Bertz CT molecular complexity index is 415. The summed E-state index contributed by atoms with van der Waals surface area (Å²) in [5, 5.41) is 20.6. The molecule has 1 fully saturated rings. The summed E-state index contributed by atoms with van der Waals surface area (Å²) in [6.45, 7) is 0. The molecule has 0 bridgehead atoms. The maximum Gasteiger partial charge on any atom is 0.488 e. The minimum atomic E-state index is -1.59. The van der Waals surface area contributed by atoms with E-state index < -0.39 is 13.4 Å². The number of hydrazine groups is 3. The predicted molar refractivity (Wildman–Crippen MR) is 67.3 cm³/mol. The topological polar surface area (TPSA) is 118 Å². The van der Waals surface area contributed by atoms with Crippen molar-refractivity contribution in [2.24, 2.45) is 0 Å². The van der Waals surface area contributed by atoms with Crippen LogP contribution in [0.1, 0.15) is 10.4 Å². The number of halogens is 1. The molecule has 1 aromatic carbocycles. The van der Waals surface area contributed by atoms with E-state index >= 15 is 0 Å². The fraction of sp³-hybridized carbons (Fsp3) is 0.125. The Labute approximate surface area is 110 Å². The minimum absolute atomic E-state index is 0. The van der Waals surface area contributed by atoms with Crippen LogP contribution >= 0.6 is 12.4 Å². The number of hydrogen-bond donors (Lipinski definition) is 7. The van der Waals surface area contributed by atoms with Gasteiger partial charge in [0.15, 0.2) is 6.29 Å². The highest BCUT2D eigenvalue weighted by molar-refractivity contribution is 6.58. The van der Waals surface area contributed by atoms with Gasteiger partial charge >= 0.3 is 7.12 Å². The number of carbonyl (C=O) groups excluding carboxylic acids is 1. The molecule has 2 rings (SSSR count). The Morgan fingerprint density at radius 2 is 1.94 bits per heavy atom. The molecule has 0 spiro atoms. The molecular weight excluding hydrogens is 260 g/mol. The highest BCUT2D eigenvalue weighted by Gasteiger charge is 2.17. The highest BCUT2D eigenvalue weighted by atomic mass is 35.5. The van der Waals surface area contributed by atoms with Crippen LogP contribution in [-0.4, -0.2) is 29.4 Å². The molecule has 8 nitrogen and oxygen atoms in total. The van der Waals surface area contributed by atoms with Gasteiger partial charge in [0.2, 0.25) is 0 Å². The first-order valence-corrected chi connectivity index (χ1v) is 4.95. The molecule has 0 unspecified atom stereocenters. The van der Waals surface area contributed by atoms with Crippen LogP contribution in [0.5, 0.6) is 0 Å². The fourth-order valence-electron chi connectivity index (χ4n) is 1.38. The molecule has 98 valence electrons. The molecule has 0 radical (unpaired) electrons. The van der Waals surface area contributed by atoms with Crippen LogP contribution < -0.4 is 32.7 Å². The predicted octanol–water partition coefficient (Wildman–Crippen LogP) is -3.08. The summed E-state index contributed by atoms with van der Waals surface area (Å²) in [6.07, 6.45) is -0.454. The van der Waals surface area contributed by atoms with Crippen molar-refractivity contribution in [3.8, 4) is 0 Å². The van der Waals surface area contributed by atoms with E-state index in [1.54, 1.807) is 12.1 Å². The van der Waals surface area contributed by atoms with Crippen LogP contribution in [0.2, 0.25) is 0 Å². The maximum absolute atomic E-state index is 11.8. The summed E-state index contributed by atoms with van der Waals surface area (Å²) >= 11 is 0. The second-order valence-electron chi connectivity index (χ2n) is 3.44. The molecule has 1 saturated heterocycles. The van der Waals surface area contributed by atoms with Gasteiger partial charge in [-0.25, -0.2) is 10.9 Å². The van der Waals surface area contributed by atoms with Crippen molar-refractivity contribution in [3.05, 3.63) is 29.8 Å². The number of amides is 1. The molecule has 18 heavy (non-hydrogen) atoms. The molecule has 1 aromatic rings. The first kappa shape index (κ1) is 14.9. The largest absolute Gasteiger partial charge is 0.488 e. The lowest BCUT2D eigenvalue weighted by Gasteiger charge is -2.11. The Kier molecular flexibility index (Phi) is 5.50. The smallest absolute Gasteiger partial charge is 0.423 e. The summed E-state index contributed by atoms with van der Waals surface area (Å²) in [7, 11) is -1.59. The van der Waals surface area contributed by atoms with Crippen LogP contribution in [-0.2, 0) is 0 Å². The van der Waals surface area contributed by atoms with Crippen molar-refractivity contribution >= 4 is 30.9 Å². The number of rotatable bonds is 3. The zero-order valence-corrected chi connectivity index (χ0v) is 9.99. The van der Waals surface area contributed by atoms with Gasteiger partial charge in [-0.2, -0.15) is 11.1 Å². The molecule has 0 aromatic heterocycles. The second kappa shape index (κ2) is 6.66. The summed E-state index contributed by atoms with van der Waals surface area (Å²) < 4.78 is 0. The number of hydrogen-bond acceptors (Lipinski definition) is 7. The molecule has 1 aliphatic heterocycles. The second-order valence-corrected chi connectivity index (χ2v) is 3.44. The maximum atomic E-state index is 11.8. The first-order chi connectivity index (χ1) is 8.16. The standard InChI is InChI=1S/C8H12BN5O3.ClH/c15-7(10-8-11-13-14-12-8)5-2-1-3-6(4-5)9(16)17;/h1-4,8,11-14,16-17H,(H,10,15);1H. The van der Waals surface area contributed by atoms with Gasteiger partial charge in [-0.15, -0.1) is 12.4 Å². The molecule has 0 aliphatic carbocycles. The molecule has 1 heterocycles. The van der Waals surface area contributed by atoms with Crippen molar-refractivity contribution in [3.63, 3.8) is 0 Å². The molecule has 1 aliphatic rings. The average Bonchev–Trinajstić information content (AvgIpc) is 2.82. The summed E-state index contributed by atoms with van der Waals surface area (Å²) in [5.74, 6) is -0.344. The van der Waals surface area contributed by atoms with Crippen molar-refractivity contribution in [1.82, 2.24) is 27.2 Å². The van der Waals surface area contributed by atoms with Crippen LogP contribution in [0.25, 0.3) is 0 Å². The van der Waals surface area contributed by atoms with Crippen LogP contribution in [0.4, 0.5) is 0 Å². The van der Waals surface area contributed by atoms with Gasteiger partial charge < -0.3 is 15.4 Å². The number of nitrogens with one attached hydrogen (secondary N) is 5. The van der Waals surface area contributed by atoms with Gasteiger partial charge in [0.1, 0.15) is 0 Å². The lowest BCUT2D eigenvalue weighted by molar-refractivity contribution is 0.0927. The van der Waals surface area contributed by atoms with E-state index in [4.69, 9.17) is 10.0 Å². The highest BCUT2D eigenvalue weighted by Crippen LogP contribution is 1.97. The van der Waals surface area contributed by atoms with Crippen molar-refractivity contribution in [2.75, 3.05) is 0 Å². The van der Waals surface area contributed by atoms with E-state index in [9.17, 15) is 4.79 Å². The Balaban J connectivity index is 0.00000162. The average molecular weight is 273 g/mol. The quantitative estimate of drug-likeness (QED) is 0.292. The van der Waals surface area contributed by atoms with E-state index in [1.165, 1.54) is 12.1 Å². The molecule has 10 heteroatoms. The Morgan fingerprint density at radius 1 is 1.28 bits per heavy atom. The number of carbonyl (C=O) groups is 1. The summed E-state index contributed by atoms with van der Waals surface area (Å²) in [6, 6.07) is 6.10. The van der Waals surface area contributed by atoms with Crippen molar-refractivity contribution < 1.29 is 14.8 Å². The SMILES string of the molecule is Cl.O=C(NC1NNNN1)c1cccc(B(O)O)c1. The van der Waals surface area contributed by atoms with E-state index in [0.29, 0.717) is 5.56 Å². The monoisotopic (exact) mass is 273 g/mol. The Hall–Kier alpha value is -1.20. The van der Waals surface area contributed by atoms with Crippen LogP contribution in [0.15, 0.2) is 24.3 Å². The van der Waals surface area contributed by atoms with Gasteiger partial charge in [0, 0.05) is 5.56 Å². The Morgan fingerprint density at radius 3 is 2.56 bits per heavy atom. The van der Waals surface area contributed by atoms with Gasteiger partial charge in [-0.3, -0.25) is 4.79 Å². The molecule has 7 N–H and O–H groups in total. The third kappa shape index (κ3) is 3.65. The van der Waals surface area contributed by atoms with E-state index in [2.05, 4.69) is 27.2 Å².